The fraction of sp³-hybridized carbons (Fsp3) is 0.862. The van der Waals surface area contributed by atoms with Crippen LogP contribution in [0.2, 0.25) is 0 Å². The molecule has 0 spiro atoms. The highest BCUT2D eigenvalue weighted by molar-refractivity contribution is 4.81. The molecule has 0 N–H and O–H groups in total. The van der Waals surface area contributed by atoms with Gasteiger partial charge in [0.1, 0.15) is 0 Å². The molecular weight excluding hydrogens is 348 g/mol. The Hall–Kier alpha value is -0.260. The van der Waals surface area contributed by atoms with Crippen LogP contribution in [-0.4, -0.2) is 0 Å². The summed E-state index contributed by atoms with van der Waals surface area (Å²) >= 11 is 0. The van der Waals surface area contributed by atoms with Crippen molar-refractivity contribution < 1.29 is 0 Å². The molecule has 2 radical (unpaired) electrons. The molecule has 0 aromatic rings. The van der Waals surface area contributed by atoms with Gasteiger partial charge in [-0.2, -0.15) is 0 Å². The van der Waals surface area contributed by atoms with E-state index < -0.39 is 0 Å². The highest BCUT2D eigenvalue weighted by Gasteiger charge is 1.95. The highest BCUT2D eigenvalue weighted by Crippen LogP contribution is 2.15. The molecule has 0 unspecified atom stereocenters. The molecule has 29 heavy (non-hydrogen) atoms. The summed E-state index contributed by atoms with van der Waals surface area (Å²) in [5, 5.41) is 0. The predicted octanol–water partition coefficient (Wildman–Crippen LogP) is 11.0. The molecule has 0 nitrogen and oxygen atoms in total. The van der Waals surface area contributed by atoms with Crippen LogP contribution in [0, 0.1) is 13.8 Å². The standard InChI is InChI=1S/C29H56/c1-3-5-7-9-11-13-15-17-19-21-23-25-27-29-28-26-24-22-20-18-16-14-12-10-8-6-4-2/h5,7H,1-4,6,8-29H2. The zero-order valence-electron chi connectivity index (χ0n) is 20.2. The van der Waals surface area contributed by atoms with Gasteiger partial charge in [-0.15, -0.1) is 0 Å². The fourth-order valence-corrected chi connectivity index (χ4v) is 4.21. The van der Waals surface area contributed by atoms with Crippen LogP contribution in [-0.2, 0) is 0 Å². The van der Waals surface area contributed by atoms with Crippen molar-refractivity contribution in [2.24, 2.45) is 0 Å². The van der Waals surface area contributed by atoms with E-state index in [9.17, 15) is 0 Å². The first-order valence-electron chi connectivity index (χ1n) is 13.6. The Bertz CT molecular complexity index is 290. The third kappa shape index (κ3) is 27.7. The molecule has 0 aromatic heterocycles. The predicted molar refractivity (Wildman–Crippen MR) is 135 cm³/mol. The van der Waals surface area contributed by atoms with Crippen molar-refractivity contribution in [1.82, 2.24) is 0 Å². The molecule has 0 aliphatic heterocycles. The maximum absolute atomic E-state index is 3.91. The van der Waals surface area contributed by atoms with Crippen molar-refractivity contribution in [3.63, 3.8) is 0 Å². The maximum Gasteiger partial charge on any atom is -0.0351 e. The number of hydrogen-bond acceptors (Lipinski definition) is 0. The molecule has 0 fully saturated rings. The normalized spacial score (nSPS) is 11.7. The van der Waals surface area contributed by atoms with Gasteiger partial charge in [-0.1, -0.05) is 160 Å². The molecule has 0 heterocycles. The van der Waals surface area contributed by atoms with Gasteiger partial charge in [0.25, 0.3) is 0 Å². The average molecular weight is 405 g/mol. The van der Waals surface area contributed by atoms with Crippen molar-refractivity contribution in [1.29, 1.82) is 0 Å². The summed E-state index contributed by atoms with van der Waals surface area (Å²) in [7, 11) is 0. The quantitative estimate of drug-likeness (QED) is 0.105. The van der Waals surface area contributed by atoms with Crippen LogP contribution in [0.3, 0.4) is 0 Å². The Balaban J connectivity index is 2.99. The van der Waals surface area contributed by atoms with Gasteiger partial charge in [-0.05, 0) is 26.2 Å². The second-order valence-corrected chi connectivity index (χ2v) is 9.18. The molecule has 0 atom stereocenters. The summed E-state index contributed by atoms with van der Waals surface area (Å²) in [4.78, 5) is 0. The lowest BCUT2D eigenvalue weighted by atomic mass is 10.0. The summed E-state index contributed by atoms with van der Waals surface area (Å²) in [6.07, 6.45) is 39.8. The van der Waals surface area contributed by atoms with Crippen molar-refractivity contribution in [3.05, 3.63) is 26.0 Å². The largest absolute Gasteiger partial charge is 0.0885 e. The van der Waals surface area contributed by atoms with E-state index in [-0.39, 0.29) is 0 Å². The molecule has 0 heteroatoms. The molecule has 0 aliphatic carbocycles. The van der Waals surface area contributed by atoms with Crippen molar-refractivity contribution >= 4 is 0 Å². The minimum absolute atomic E-state index is 0.943. The molecule has 0 bridgehead atoms. The van der Waals surface area contributed by atoms with Crippen LogP contribution in [0.5, 0.6) is 0 Å². The van der Waals surface area contributed by atoms with E-state index in [0.717, 1.165) is 12.8 Å². The molecule has 0 rings (SSSR count). The Morgan fingerprint density at radius 3 is 0.862 bits per heavy atom. The third-order valence-corrected chi connectivity index (χ3v) is 6.20. The zero-order chi connectivity index (χ0) is 21.1. The van der Waals surface area contributed by atoms with Gasteiger partial charge in [0.2, 0.25) is 0 Å². The highest BCUT2D eigenvalue weighted by atomic mass is 14.0. The van der Waals surface area contributed by atoms with Crippen molar-refractivity contribution in [3.8, 4) is 0 Å². The molecule has 0 saturated heterocycles. The Labute approximate surface area is 186 Å². The zero-order valence-corrected chi connectivity index (χ0v) is 20.2. The maximum atomic E-state index is 3.91. The van der Waals surface area contributed by atoms with E-state index in [2.05, 4.69) is 26.0 Å². The lowest BCUT2D eigenvalue weighted by Crippen LogP contribution is -1.84. The number of allylic oxidation sites excluding steroid dienone is 2. The van der Waals surface area contributed by atoms with Gasteiger partial charge >= 0.3 is 0 Å². The lowest BCUT2D eigenvalue weighted by molar-refractivity contribution is 0.518. The minimum atomic E-state index is 0.943. The van der Waals surface area contributed by atoms with E-state index in [1.807, 2.05) is 0 Å². The first-order valence-corrected chi connectivity index (χ1v) is 13.6. The molecule has 172 valence electrons. The van der Waals surface area contributed by atoms with Crippen LogP contribution in [0.4, 0.5) is 0 Å². The monoisotopic (exact) mass is 404 g/mol. The second-order valence-electron chi connectivity index (χ2n) is 9.18. The van der Waals surface area contributed by atoms with Gasteiger partial charge < -0.3 is 0 Å². The van der Waals surface area contributed by atoms with Gasteiger partial charge in [-0.25, -0.2) is 0 Å². The van der Waals surface area contributed by atoms with Crippen LogP contribution in [0.15, 0.2) is 12.2 Å². The fourth-order valence-electron chi connectivity index (χ4n) is 4.21. The van der Waals surface area contributed by atoms with Gasteiger partial charge in [0.15, 0.2) is 0 Å². The molecule has 0 aromatic carbocycles. The summed E-state index contributed by atoms with van der Waals surface area (Å²) in [6.45, 7) is 7.74. The van der Waals surface area contributed by atoms with Crippen molar-refractivity contribution in [2.45, 2.75) is 161 Å². The molecule has 0 saturated carbocycles. The van der Waals surface area contributed by atoms with E-state index in [1.165, 1.54) is 148 Å². The molecule has 0 amide bonds. The summed E-state index contributed by atoms with van der Waals surface area (Å²) < 4.78 is 0. The van der Waals surface area contributed by atoms with Gasteiger partial charge in [0, 0.05) is 0 Å². The SMILES string of the molecule is [CH2]CC=CCCCCCCCCCCCCCCCCCCCCCCCC[CH2]. The summed E-state index contributed by atoms with van der Waals surface area (Å²) in [5.41, 5.74) is 0. The van der Waals surface area contributed by atoms with Gasteiger partial charge in [0.05, 0.1) is 0 Å². The van der Waals surface area contributed by atoms with Crippen LogP contribution in [0.1, 0.15) is 161 Å². The third-order valence-electron chi connectivity index (χ3n) is 6.20. The number of hydrogen-bond donors (Lipinski definition) is 0. The second kappa shape index (κ2) is 27.7. The minimum Gasteiger partial charge on any atom is -0.0885 e. The number of unbranched alkanes of at least 4 members (excludes halogenated alkanes) is 23. The average Bonchev–Trinajstić information content (AvgIpc) is 2.74. The Morgan fingerprint density at radius 2 is 0.586 bits per heavy atom. The first-order chi connectivity index (χ1) is 14.4. The van der Waals surface area contributed by atoms with E-state index >= 15 is 0 Å². The lowest BCUT2D eigenvalue weighted by Gasteiger charge is -2.04. The van der Waals surface area contributed by atoms with Crippen LogP contribution >= 0.6 is 0 Å². The van der Waals surface area contributed by atoms with E-state index in [4.69, 9.17) is 0 Å². The summed E-state index contributed by atoms with van der Waals surface area (Å²) in [6, 6.07) is 0. The smallest absolute Gasteiger partial charge is 0.0351 e. The van der Waals surface area contributed by atoms with E-state index in [0.29, 0.717) is 0 Å². The van der Waals surface area contributed by atoms with Gasteiger partial charge in [-0.3, -0.25) is 0 Å². The Kier molecular flexibility index (Phi) is 27.5. The summed E-state index contributed by atoms with van der Waals surface area (Å²) in [5.74, 6) is 0. The van der Waals surface area contributed by atoms with E-state index in [1.54, 1.807) is 0 Å². The molecule has 0 aliphatic rings. The van der Waals surface area contributed by atoms with Crippen LogP contribution < -0.4 is 0 Å². The Morgan fingerprint density at radius 1 is 0.310 bits per heavy atom. The van der Waals surface area contributed by atoms with Crippen molar-refractivity contribution in [2.75, 3.05) is 0 Å². The van der Waals surface area contributed by atoms with Crippen LogP contribution in [0.25, 0.3) is 0 Å². The topological polar surface area (TPSA) is 0 Å². The number of rotatable bonds is 25. The first kappa shape index (κ1) is 28.7. The molecular formula is C29H56.